The third-order valence-electron chi connectivity index (χ3n) is 5.84. The molecule has 1 aromatic heterocycles. The van der Waals surface area contributed by atoms with Crippen molar-refractivity contribution < 1.29 is 4.79 Å². The zero-order chi connectivity index (χ0) is 18.9. The summed E-state index contributed by atoms with van der Waals surface area (Å²) in [7, 11) is 0. The number of hydrogen-bond acceptors (Lipinski definition) is 3. The molecule has 0 atom stereocenters. The molecule has 1 saturated carbocycles. The lowest BCUT2D eigenvalue weighted by Gasteiger charge is -2.17. The normalized spacial score (nSPS) is 16.5. The average Bonchev–Trinajstić information content (AvgIpc) is 3.45. The highest BCUT2D eigenvalue weighted by atomic mass is 16.1. The summed E-state index contributed by atoms with van der Waals surface area (Å²) in [6, 6.07) is 18.5. The van der Waals surface area contributed by atoms with Crippen molar-refractivity contribution in [3.8, 4) is 0 Å². The van der Waals surface area contributed by atoms with E-state index in [1.807, 2.05) is 30.3 Å². The maximum atomic E-state index is 13.0. The van der Waals surface area contributed by atoms with E-state index in [0.717, 1.165) is 40.8 Å². The molecule has 1 N–H and O–H groups in total. The molecule has 142 valence electrons. The lowest BCUT2D eigenvalue weighted by atomic mass is 10.1. The van der Waals surface area contributed by atoms with E-state index in [2.05, 4.69) is 34.5 Å². The minimum absolute atomic E-state index is 0.0240. The van der Waals surface area contributed by atoms with Gasteiger partial charge in [0.25, 0.3) is 5.91 Å². The minimum Gasteiger partial charge on any atom is -0.372 e. The van der Waals surface area contributed by atoms with Crippen LogP contribution in [-0.4, -0.2) is 24.0 Å². The Hall–Kier alpha value is -2.88. The number of aromatic nitrogens is 1. The summed E-state index contributed by atoms with van der Waals surface area (Å²) < 4.78 is 0. The summed E-state index contributed by atoms with van der Waals surface area (Å²) in [5.74, 6) is 0.499. The van der Waals surface area contributed by atoms with E-state index in [1.165, 1.54) is 31.4 Å². The van der Waals surface area contributed by atoms with E-state index in [-0.39, 0.29) is 5.91 Å². The standard InChI is InChI=1S/C24H25N3O/c28-24(25-16-17-7-11-19(12-8-17)27-13-3-4-14-27)21-15-23(18-9-10-18)26-22-6-2-1-5-20(21)22/h1-2,5-8,11-12,15,18H,3-4,9-10,13-14,16H2,(H,25,28). The van der Waals surface area contributed by atoms with E-state index >= 15 is 0 Å². The first-order valence-corrected chi connectivity index (χ1v) is 10.3. The van der Waals surface area contributed by atoms with E-state index in [4.69, 9.17) is 4.98 Å². The molecule has 1 saturated heterocycles. The summed E-state index contributed by atoms with van der Waals surface area (Å²) in [5.41, 5.74) is 5.10. The van der Waals surface area contributed by atoms with Gasteiger partial charge in [0.05, 0.1) is 11.1 Å². The number of nitrogens with zero attached hydrogens (tertiary/aromatic N) is 2. The van der Waals surface area contributed by atoms with E-state index in [0.29, 0.717) is 12.5 Å². The van der Waals surface area contributed by atoms with Crippen LogP contribution in [0.5, 0.6) is 0 Å². The Kier molecular flexibility index (Phi) is 4.47. The number of para-hydroxylation sites is 1. The Morgan fingerprint density at radius 3 is 2.54 bits per heavy atom. The van der Waals surface area contributed by atoms with Gasteiger partial charge in [-0.25, -0.2) is 0 Å². The summed E-state index contributed by atoms with van der Waals surface area (Å²) in [6.07, 6.45) is 4.91. The smallest absolute Gasteiger partial charge is 0.252 e. The first-order chi connectivity index (χ1) is 13.8. The summed E-state index contributed by atoms with van der Waals surface area (Å²) in [5, 5.41) is 4.03. The van der Waals surface area contributed by atoms with Crippen molar-refractivity contribution in [1.29, 1.82) is 0 Å². The lowest BCUT2D eigenvalue weighted by molar-refractivity contribution is 0.0952. The van der Waals surface area contributed by atoms with Crippen molar-refractivity contribution in [2.45, 2.75) is 38.1 Å². The Morgan fingerprint density at radius 1 is 1.04 bits per heavy atom. The Bertz CT molecular complexity index is 1000. The highest BCUT2D eigenvalue weighted by Gasteiger charge is 2.26. The summed E-state index contributed by atoms with van der Waals surface area (Å²) in [6.45, 7) is 2.83. The van der Waals surface area contributed by atoms with Crippen molar-refractivity contribution in [2.75, 3.05) is 18.0 Å². The number of benzene rings is 2. The van der Waals surface area contributed by atoms with Crippen molar-refractivity contribution in [3.05, 3.63) is 71.4 Å². The number of nitrogens with one attached hydrogen (secondary N) is 1. The van der Waals surface area contributed by atoms with Gasteiger partial charge < -0.3 is 10.2 Å². The number of fused-ring (bicyclic) bond motifs is 1. The second-order valence-corrected chi connectivity index (χ2v) is 7.93. The molecule has 0 unspecified atom stereocenters. The second-order valence-electron chi connectivity index (χ2n) is 7.93. The maximum Gasteiger partial charge on any atom is 0.252 e. The van der Waals surface area contributed by atoms with Crippen LogP contribution in [0.2, 0.25) is 0 Å². The largest absolute Gasteiger partial charge is 0.372 e. The number of pyridine rings is 1. The molecule has 0 radical (unpaired) electrons. The van der Waals surface area contributed by atoms with Crippen LogP contribution in [0.3, 0.4) is 0 Å². The van der Waals surface area contributed by atoms with Gasteiger partial charge in [0.1, 0.15) is 0 Å². The average molecular weight is 371 g/mol. The number of carbonyl (C=O) groups is 1. The van der Waals surface area contributed by atoms with Crippen LogP contribution in [0.4, 0.5) is 5.69 Å². The first kappa shape index (κ1) is 17.2. The zero-order valence-corrected chi connectivity index (χ0v) is 16.0. The molecule has 4 nitrogen and oxygen atoms in total. The molecule has 1 aliphatic heterocycles. The van der Waals surface area contributed by atoms with E-state index in [9.17, 15) is 4.79 Å². The fourth-order valence-electron chi connectivity index (χ4n) is 4.05. The monoisotopic (exact) mass is 371 g/mol. The Labute approximate surface area is 165 Å². The molecular formula is C24H25N3O. The van der Waals surface area contributed by atoms with Gasteiger partial charge in [-0.2, -0.15) is 0 Å². The Balaban J connectivity index is 1.33. The number of amides is 1. The molecule has 2 heterocycles. The van der Waals surface area contributed by atoms with E-state index < -0.39 is 0 Å². The number of anilines is 1. The van der Waals surface area contributed by atoms with Crippen LogP contribution in [0.1, 0.15) is 53.2 Å². The molecule has 0 spiro atoms. The fourth-order valence-corrected chi connectivity index (χ4v) is 4.05. The number of carbonyl (C=O) groups excluding carboxylic acids is 1. The molecule has 1 amide bonds. The molecule has 0 bridgehead atoms. The minimum atomic E-state index is -0.0240. The van der Waals surface area contributed by atoms with Crippen LogP contribution >= 0.6 is 0 Å². The van der Waals surface area contributed by atoms with Gasteiger partial charge in [0, 0.05) is 42.3 Å². The number of hydrogen-bond donors (Lipinski definition) is 1. The van der Waals surface area contributed by atoms with Gasteiger partial charge >= 0.3 is 0 Å². The zero-order valence-electron chi connectivity index (χ0n) is 16.0. The number of rotatable bonds is 5. The lowest BCUT2D eigenvalue weighted by Crippen LogP contribution is -2.23. The quantitative estimate of drug-likeness (QED) is 0.710. The Morgan fingerprint density at radius 2 is 1.79 bits per heavy atom. The van der Waals surface area contributed by atoms with Gasteiger partial charge in [-0.15, -0.1) is 0 Å². The van der Waals surface area contributed by atoms with Crippen LogP contribution < -0.4 is 10.2 Å². The SMILES string of the molecule is O=C(NCc1ccc(N2CCCC2)cc1)c1cc(C2CC2)nc2ccccc12. The fraction of sp³-hybridized carbons (Fsp3) is 0.333. The molecular weight excluding hydrogens is 346 g/mol. The van der Waals surface area contributed by atoms with Crippen LogP contribution in [0.25, 0.3) is 10.9 Å². The van der Waals surface area contributed by atoms with Crippen molar-refractivity contribution in [1.82, 2.24) is 10.3 Å². The molecule has 2 aliphatic rings. The van der Waals surface area contributed by atoms with E-state index in [1.54, 1.807) is 0 Å². The van der Waals surface area contributed by atoms with Gasteiger partial charge in [0.15, 0.2) is 0 Å². The highest BCUT2D eigenvalue weighted by molar-refractivity contribution is 6.06. The highest BCUT2D eigenvalue weighted by Crippen LogP contribution is 2.40. The maximum absolute atomic E-state index is 13.0. The molecule has 4 heteroatoms. The third kappa shape index (κ3) is 3.47. The van der Waals surface area contributed by atoms with Crippen LogP contribution in [0.15, 0.2) is 54.6 Å². The first-order valence-electron chi connectivity index (χ1n) is 10.3. The summed E-state index contributed by atoms with van der Waals surface area (Å²) in [4.78, 5) is 20.1. The predicted molar refractivity (Wildman–Crippen MR) is 113 cm³/mol. The molecule has 2 fully saturated rings. The van der Waals surface area contributed by atoms with Gasteiger partial charge in [-0.3, -0.25) is 9.78 Å². The van der Waals surface area contributed by atoms with Crippen molar-refractivity contribution in [2.24, 2.45) is 0 Å². The molecule has 2 aromatic carbocycles. The molecule has 28 heavy (non-hydrogen) atoms. The van der Waals surface area contributed by atoms with Gasteiger partial charge in [-0.1, -0.05) is 30.3 Å². The topological polar surface area (TPSA) is 45.2 Å². The molecule has 5 rings (SSSR count). The van der Waals surface area contributed by atoms with Gasteiger partial charge in [-0.05, 0) is 55.5 Å². The van der Waals surface area contributed by atoms with Crippen LogP contribution in [0, 0.1) is 0 Å². The van der Waals surface area contributed by atoms with Crippen LogP contribution in [-0.2, 0) is 6.54 Å². The molecule has 1 aliphatic carbocycles. The summed E-state index contributed by atoms with van der Waals surface area (Å²) >= 11 is 0. The van der Waals surface area contributed by atoms with Crippen molar-refractivity contribution in [3.63, 3.8) is 0 Å². The third-order valence-corrected chi connectivity index (χ3v) is 5.84. The van der Waals surface area contributed by atoms with Crippen molar-refractivity contribution >= 4 is 22.5 Å². The predicted octanol–water partition coefficient (Wildman–Crippen LogP) is 4.64. The second kappa shape index (κ2) is 7.27. The van der Waals surface area contributed by atoms with Gasteiger partial charge in [0.2, 0.25) is 0 Å². The molecule has 3 aromatic rings.